The molecule has 0 aliphatic heterocycles. The standard InChI is InChI=1S/C16H22N4O3/c1-10(2)9-20-15(12(8-17)18-19-20)11-6-13(21-3)16(23-5)14(7-11)22-4/h6-7H,1,8-9,17H2,2-5H3. The van der Waals surface area contributed by atoms with Gasteiger partial charge in [-0.15, -0.1) is 5.10 Å². The molecule has 0 spiro atoms. The molecule has 0 fully saturated rings. The smallest absolute Gasteiger partial charge is 0.203 e. The van der Waals surface area contributed by atoms with Crippen molar-refractivity contribution in [3.05, 3.63) is 30.0 Å². The van der Waals surface area contributed by atoms with Gasteiger partial charge in [0.2, 0.25) is 5.75 Å². The zero-order valence-electron chi connectivity index (χ0n) is 13.9. The minimum Gasteiger partial charge on any atom is -0.493 e. The Bertz CT molecular complexity index is 684. The normalized spacial score (nSPS) is 10.5. The second-order valence-corrected chi connectivity index (χ2v) is 5.12. The summed E-state index contributed by atoms with van der Waals surface area (Å²) >= 11 is 0. The largest absolute Gasteiger partial charge is 0.493 e. The van der Waals surface area contributed by atoms with Crippen molar-refractivity contribution in [2.45, 2.75) is 20.0 Å². The Kier molecular flexibility index (Phi) is 5.23. The molecule has 1 heterocycles. The number of hydrogen-bond donors (Lipinski definition) is 1. The Balaban J connectivity index is 2.66. The van der Waals surface area contributed by atoms with Crippen molar-refractivity contribution >= 4 is 0 Å². The van der Waals surface area contributed by atoms with E-state index in [1.807, 2.05) is 19.1 Å². The fourth-order valence-electron chi connectivity index (χ4n) is 2.39. The highest BCUT2D eigenvalue weighted by atomic mass is 16.5. The molecule has 7 heteroatoms. The minimum absolute atomic E-state index is 0.280. The van der Waals surface area contributed by atoms with E-state index < -0.39 is 0 Å². The van der Waals surface area contributed by atoms with E-state index in [0.29, 0.717) is 29.5 Å². The number of allylic oxidation sites excluding steroid dienone is 1. The van der Waals surface area contributed by atoms with Gasteiger partial charge in [-0.25, -0.2) is 4.68 Å². The summed E-state index contributed by atoms with van der Waals surface area (Å²) in [6, 6.07) is 3.71. The summed E-state index contributed by atoms with van der Waals surface area (Å²) < 4.78 is 17.9. The third kappa shape index (κ3) is 3.29. The average Bonchev–Trinajstić information content (AvgIpc) is 2.95. The summed E-state index contributed by atoms with van der Waals surface area (Å²) in [6.45, 7) is 6.69. The van der Waals surface area contributed by atoms with Crippen molar-refractivity contribution < 1.29 is 14.2 Å². The predicted octanol–water partition coefficient (Wildman–Crippen LogP) is 2.01. The van der Waals surface area contributed by atoms with Gasteiger partial charge in [-0.3, -0.25) is 0 Å². The number of nitrogens with zero attached hydrogens (tertiary/aromatic N) is 3. The van der Waals surface area contributed by atoms with Crippen LogP contribution in [-0.4, -0.2) is 36.3 Å². The van der Waals surface area contributed by atoms with Gasteiger partial charge in [0.15, 0.2) is 11.5 Å². The maximum absolute atomic E-state index is 5.80. The van der Waals surface area contributed by atoms with Crippen LogP contribution >= 0.6 is 0 Å². The molecule has 0 unspecified atom stereocenters. The van der Waals surface area contributed by atoms with Gasteiger partial charge in [-0.05, 0) is 19.1 Å². The lowest BCUT2D eigenvalue weighted by Gasteiger charge is -2.15. The highest BCUT2D eigenvalue weighted by Crippen LogP contribution is 2.41. The van der Waals surface area contributed by atoms with E-state index in [9.17, 15) is 0 Å². The van der Waals surface area contributed by atoms with Crippen LogP contribution in [0.4, 0.5) is 0 Å². The van der Waals surface area contributed by atoms with Crippen LogP contribution in [0.2, 0.25) is 0 Å². The number of ether oxygens (including phenoxy) is 3. The summed E-state index contributed by atoms with van der Waals surface area (Å²) in [5.74, 6) is 1.66. The zero-order chi connectivity index (χ0) is 17.0. The molecule has 2 N–H and O–H groups in total. The van der Waals surface area contributed by atoms with Crippen LogP contribution < -0.4 is 19.9 Å². The maximum atomic E-state index is 5.80. The van der Waals surface area contributed by atoms with E-state index >= 15 is 0 Å². The Morgan fingerprint density at radius 2 is 1.78 bits per heavy atom. The SMILES string of the molecule is C=C(C)Cn1nnc(CN)c1-c1cc(OC)c(OC)c(OC)c1. The van der Waals surface area contributed by atoms with E-state index in [2.05, 4.69) is 16.9 Å². The second kappa shape index (κ2) is 7.15. The number of hydrogen-bond acceptors (Lipinski definition) is 6. The van der Waals surface area contributed by atoms with Gasteiger partial charge in [0.25, 0.3) is 0 Å². The van der Waals surface area contributed by atoms with Crippen LogP contribution in [0, 0.1) is 0 Å². The Morgan fingerprint density at radius 3 is 2.22 bits per heavy atom. The molecule has 0 amide bonds. The third-order valence-electron chi connectivity index (χ3n) is 3.36. The highest BCUT2D eigenvalue weighted by Gasteiger charge is 2.19. The third-order valence-corrected chi connectivity index (χ3v) is 3.36. The van der Waals surface area contributed by atoms with E-state index in [1.165, 1.54) is 0 Å². The second-order valence-electron chi connectivity index (χ2n) is 5.12. The molecule has 0 bridgehead atoms. The highest BCUT2D eigenvalue weighted by molar-refractivity contribution is 5.70. The Labute approximate surface area is 135 Å². The van der Waals surface area contributed by atoms with Crippen molar-refractivity contribution in [2.75, 3.05) is 21.3 Å². The van der Waals surface area contributed by atoms with Crippen molar-refractivity contribution in [2.24, 2.45) is 5.73 Å². The molecule has 0 atom stereocenters. The monoisotopic (exact) mass is 318 g/mol. The lowest BCUT2D eigenvalue weighted by molar-refractivity contribution is 0.324. The van der Waals surface area contributed by atoms with E-state index in [-0.39, 0.29) is 6.54 Å². The quantitative estimate of drug-likeness (QED) is 0.786. The van der Waals surface area contributed by atoms with Crippen molar-refractivity contribution in [1.82, 2.24) is 15.0 Å². The average molecular weight is 318 g/mol. The molecule has 0 aliphatic carbocycles. The zero-order valence-corrected chi connectivity index (χ0v) is 13.9. The van der Waals surface area contributed by atoms with E-state index in [1.54, 1.807) is 26.0 Å². The van der Waals surface area contributed by atoms with Crippen LogP contribution in [0.1, 0.15) is 12.6 Å². The fourth-order valence-corrected chi connectivity index (χ4v) is 2.39. The molecule has 0 radical (unpaired) electrons. The van der Waals surface area contributed by atoms with Crippen molar-refractivity contribution in [1.29, 1.82) is 0 Å². The first-order chi connectivity index (χ1) is 11.0. The molecule has 23 heavy (non-hydrogen) atoms. The van der Waals surface area contributed by atoms with Crippen molar-refractivity contribution in [3.63, 3.8) is 0 Å². The minimum atomic E-state index is 0.280. The summed E-state index contributed by atoms with van der Waals surface area (Å²) in [5.41, 5.74) is 9.12. The van der Waals surface area contributed by atoms with Crippen LogP contribution in [-0.2, 0) is 13.1 Å². The van der Waals surface area contributed by atoms with E-state index in [4.69, 9.17) is 19.9 Å². The summed E-state index contributed by atoms with van der Waals surface area (Å²) in [6.07, 6.45) is 0. The molecule has 7 nitrogen and oxygen atoms in total. The Hall–Kier alpha value is -2.54. The van der Waals surface area contributed by atoms with Gasteiger partial charge >= 0.3 is 0 Å². The van der Waals surface area contributed by atoms with Crippen molar-refractivity contribution in [3.8, 4) is 28.5 Å². The molecule has 2 rings (SSSR count). The summed E-state index contributed by atoms with van der Waals surface area (Å²) in [7, 11) is 4.72. The van der Waals surface area contributed by atoms with Gasteiger partial charge in [0.1, 0.15) is 5.69 Å². The molecule has 0 aliphatic rings. The van der Waals surface area contributed by atoms with Gasteiger partial charge < -0.3 is 19.9 Å². The first kappa shape index (κ1) is 16.8. The lowest BCUT2D eigenvalue weighted by Crippen LogP contribution is -2.06. The molecule has 0 saturated carbocycles. The number of nitrogens with two attached hydrogens (primary N) is 1. The Morgan fingerprint density at radius 1 is 1.17 bits per heavy atom. The summed E-state index contributed by atoms with van der Waals surface area (Å²) in [5, 5.41) is 8.32. The van der Waals surface area contributed by atoms with Crippen LogP contribution in [0.5, 0.6) is 17.2 Å². The molecule has 1 aromatic carbocycles. The van der Waals surface area contributed by atoms with Gasteiger partial charge in [-0.2, -0.15) is 0 Å². The topological polar surface area (TPSA) is 84.4 Å². The van der Waals surface area contributed by atoms with Crippen LogP contribution in [0.25, 0.3) is 11.3 Å². The number of benzene rings is 1. The number of methoxy groups -OCH3 is 3. The molecule has 124 valence electrons. The summed E-state index contributed by atoms with van der Waals surface area (Å²) in [4.78, 5) is 0. The van der Waals surface area contributed by atoms with Gasteiger partial charge in [-0.1, -0.05) is 17.4 Å². The maximum Gasteiger partial charge on any atom is 0.203 e. The number of aromatic nitrogens is 3. The first-order valence-corrected chi connectivity index (χ1v) is 7.12. The lowest BCUT2D eigenvalue weighted by atomic mass is 10.1. The number of rotatable bonds is 7. The molecule has 0 saturated heterocycles. The van der Waals surface area contributed by atoms with Crippen LogP contribution in [0.15, 0.2) is 24.3 Å². The van der Waals surface area contributed by atoms with Gasteiger partial charge in [0.05, 0.1) is 33.6 Å². The molecular weight excluding hydrogens is 296 g/mol. The fraction of sp³-hybridized carbons (Fsp3) is 0.375. The molecule has 2 aromatic rings. The van der Waals surface area contributed by atoms with Gasteiger partial charge in [0, 0.05) is 12.1 Å². The van der Waals surface area contributed by atoms with E-state index in [0.717, 1.165) is 16.8 Å². The molecule has 1 aromatic heterocycles. The molecular formula is C16H22N4O3. The predicted molar refractivity (Wildman–Crippen MR) is 87.8 cm³/mol. The van der Waals surface area contributed by atoms with Crippen LogP contribution in [0.3, 0.4) is 0 Å². The first-order valence-electron chi connectivity index (χ1n) is 7.12.